The van der Waals surface area contributed by atoms with Crippen molar-refractivity contribution < 1.29 is 4.79 Å². The van der Waals surface area contributed by atoms with Crippen molar-refractivity contribution in [3.63, 3.8) is 0 Å². The Bertz CT molecular complexity index is 456. The van der Waals surface area contributed by atoms with Gasteiger partial charge in [-0.05, 0) is 50.3 Å². The molecule has 1 aliphatic rings. The van der Waals surface area contributed by atoms with Gasteiger partial charge in [0.2, 0.25) is 5.91 Å². The van der Waals surface area contributed by atoms with Crippen LogP contribution in [0.15, 0.2) is 35.9 Å². The minimum atomic E-state index is -0.0122. The van der Waals surface area contributed by atoms with Gasteiger partial charge < -0.3 is 5.32 Å². The number of carbonyl (C=O) groups is 1. The number of nitrogens with one attached hydrogen (secondary N) is 1. The van der Waals surface area contributed by atoms with Crippen molar-refractivity contribution in [3.05, 3.63) is 46.5 Å². The zero-order valence-electron chi connectivity index (χ0n) is 10.7. The van der Waals surface area contributed by atoms with Crippen LogP contribution in [0.5, 0.6) is 0 Å². The van der Waals surface area contributed by atoms with Crippen molar-refractivity contribution in [1.29, 1.82) is 0 Å². The smallest absolute Gasteiger partial charge is 0.244 e. The molecule has 1 aromatic carbocycles. The maximum absolute atomic E-state index is 11.8. The summed E-state index contributed by atoms with van der Waals surface area (Å²) in [5.41, 5.74) is 2.15. The molecule has 3 heteroatoms. The number of hydrogen-bond donors (Lipinski definition) is 1. The van der Waals surface area contributed by atoms with Crippen molar-refractivity contribution in [1.82, 2.24) is 5.32 Å². The SMILES string of the molecule is CC(C)=CC(=O)NC(c1ccc(Cl)cc1)C1CC1. The zero-order chi connectivity index (χ0) is 13.1. The lowest BCUT2D eigenvalue weighted by molar-refractivity contribution is -0.117. The first kappa shape index (κ1) is 13.2. The molecular formula is C15H18ClNO. The van der Waals surface area contributed by atoms with Gasteiger partial charge in [0.1, 0.15) is 0 Å². The molecule has 1 N–H and O–H groups in total. The lowest BCUT2D eigenvalue weighted by atomic mass is 10.0. The Morgan fingerprint density at radius 1 is 1.33 bits per heavy atom. The normalized spacial score (nSPS) is 15.9. The van der Waals surface area contributed by atoms with Gasteiger partial charge in [0.15, 0.2) is 0 Å². The van der Waals surface area contributed by atoms with Gasteiger partial charge in [-0.3, -0.25) is 4.79 Å². The second kappa shape index (κ2) is 5.57. The van der Waals surface area contributed by atoms with Crippen molar-refractivity contribution in [2.24, 2.45) is 5.92 Å². The quantitative estimate of drug-likeness (QED) is 0.821. The van der Waals surface area contributed by atoms with Gasteiger partial charge in [-0.2, -0.15) is 0 Å². The van der Waals surface area contributed by atoms with E-state index in [0.717, 1.165) is 16.2 Å². The van der Waals surface area contributed by atoms with E-state index in [1.807, 2.05) is 38.1 Å². The molecule has 0 spiro atoms. The molecule has 0 radical (unpaired) electrons. The summed E-state index contributed by atoms with van der Waals surface area (Å²) in [5, 5.41) is 3.81. The van der Waals surface area contributed by atoms with E-state index < -0.39 is 0 Å². The molecule has 1 unspecified atom stereocenters. The first-order valence-electron chi connectivity index (χ1n) is 6.27. The van der Waals surface area contributed by atoms with Gasteiger partial charge in [0.05, 0.1) is 6.04 Å². The third-order valence-electron chi connectivity index (χ3n) is 3.04. The number of carbonyl (C=O) groups excluding carboxylic acids is 1. The summed E-state index contributed by atoms with van der Waals surface area (Å²) in [7, 11) is 0. The topological polar surface area (TPSA) is 29.1 Å². The summed E-state index contributed by atoms with van der Waals surface area (Å²) in [6.45, 7) is 3.85. The predicted octanol–water partition coefficient (Wildman–Crippen LogP) is 3.87. The number of halogens is 1. The van der Waals surface area contributed by atoms with Crippen LogP contribution in [0, 0.1) is 5.92 Å². The zero-order valence-corrected chi connectivity index (χ0v) is 11.5. The molecule has 1 aliphatic carbocycles. The number of rotatable bonds is 4. The standard InChI is InChI=1S/C15H18ClNO/c1-10(2)9-14(18)17-15(11-3-4-11)12-5-7-13(16)8-6-12/h5-9,11,15H,3-4H2,1-2H3,(H,17,18). The van der Waals surface area contributed by atoms with Crippen LogP contribution in [-0.4, -0.2) is 5.91 Å². The Hall–Kier alpha value is -1.28. The third-order valence-corrected chi connectivity index (χ3v) is 3.29. The fraction of sp³-hybridized carbons (Fsp3) is 0.400. The summed E-state index contributed by atoms with van der Waals surface area (Å²) in [4.78, 5) is 11.8. The van der Waals surface area contributed by atoms with Crippen molar-refractivity contribution in [3.8, 4) is 0 Å². The summed E-state index contributed by atoms with van der Waals surface area (Å²) >= 11 is 5.89. The van der Waals surface area contributed by atoms with E-state index in [-0.39, 0.29) is 11.9 Å². The molecule has 0 aliphatic heterocycles. The fourth-order valence-electron chi connectivity index (χ4n) is 2.03. The Kier molecular flexibility index (Phi) is 4.07. The molecule has 2 nitrogen and oxygen atoms in total. The molecule has 1 amide bonds. The average Bonchev–Trinajstić information content (AvgIpc) is 3.10. The van der Waals surface area contributed by atoms with Crippen LogP contribution in [0.25, 0.3) is 0 Å². The van der Waals surface area contributed by atoms with Crippen LogP contribution in [0.3, 0.4) is 0 Å². The monoisotopic (exact) mass is 263 g/mol. The van der Waals surface area contributed by atoms with Crippen LogP contribution in [0.2, 0.25) is 5.02 Å². The Labute approximate surface area is 113 Å². The van der Waals surface area contributed by atoms with Gasteiger partial charge in [-0.25, -0.2) is 0 Å². The van der Waals surface area contributed by atoms with E-state index in [1.54, 1.807) is 6.08 Å². The molecule has 1 atom stereocenters. The molecule has 18 heavy (non-hydrogen) atoms. The van der Waals surface area contributed by atoms with Gasteiger partial charge in [0, 0.05) is 11.1 Å². The van der Waals surface area contributed by atoms with Crippen LogP contribution in [0.4, 0.5) is 0 Å². The maximum atomic E-state index is 11.8. The number of allylic oxidation sites excluding steroid dienone is 1. The van der Waals surface area contributed by atoms with Crippen LogP contribution in [0.1, 0.15) is 38.3 Å². The highest BCUT2D eigenvalue weighted by Gasteiger charge is 2.33. The maximum Gasteiger partial charge on any atom is 0.244 e. The van der Waals surface area contributed by atoms with E-state index in [1.165, 1.54) is 12.8 Å². The van der Waals surface area contributed by atoms with Gasteiger partial charge in [-0.15, -0.1) is 0 Å². The molecule has 0 bridgehead atoms. The first-order chi connectivity index (χ1) is 8.56. The Morgan fingerprint density at radius 3 is 2.44 bits per heavy atom. The summed E-state index contributed by atoms with van der Waals surface area (Å²) in [6.07, 6.45) is 4.01. The summed E-state index contributed by atoms with van der Waals surface area (Å²) < 4.78 is 0. The lowest BCUT2D eigenvalue weighted by Gasteiger charge is -2.18. The highest BCUT2D eigenvalue weighted by Crippen LogP contribution is 2.41. The van der Waals surface area contributed by atoms with E-state index in [9.17, 15) is 4.79 Å². The third kappa shape index (κ3) is 3.61. The van der Waals surface area contributed by atoms with Crippen LogP contribution >= 0.6 is 11.6 Å². The largest absolute Gasteiger partial charge is 0.345 e. The molecular weight excluding hydrogens is 246 g/mol. The van der Waals surface area contributed by atoms with Crippen molar-refractivity contribution >= 4 is 17.5 Å². The predicted molar refractivity (Wildman–Crippen MR) is 74.5 cm³/mol. The molecule has 1 saturated carbocycles. The minimum Gasteiger partial charge on any atom is -0.345 e. The molecule has 0 heterocycles. The number of amides is 1. The molecule has 2 rings (SSSR count). The van der Waals surface area contributed by atoms with Crippen molar-refractivity contribution in [2.75, 3.05) is 0 Å². The highest BCUT2D eigenvalue weighted by molar-refractivity contribution is 6.30. The summed E-state index contributed by atoms with van der Waals surface area (Å²) in [5.74, 6) is 0.558. The molecule has 0 aromatic heterocycles. The van der Waals surface area contributed by atoms with Gasteiger partial charge >= 0.3 is 0 Å². The number of benzene rings is 1. The van der Waals surface area contributed by atoms with Crippen molar-refractivity contribution in [2.45, 2.75) is 32.7 Å². The van der Waals surface area contributed by atoms with Crippen LogP contribution < -0.4 is 5.32 Å². The molecule has 1 aromatic rings. The van der Waals surface area contributed by atoms with E-state index in [2.05, 4.69) is 5.32 Å². The number of hydrogen-bond acceptors (Lipinski definition) is 1. The second-order valence-electron chi connectivity index (χ2n) is 5.10. The fourth-order valence-corrected chi connectivity index (χ4v) is 2.16. The highest BCUT2D eigenvalue weighted by atomic mass is 35.5. The molecule has 96 valence electrons. The van der Waals surface area contributed by atoms with Crippen LogP contribution in [-0.2, 0) is 4.79 Å². The average molecular weight is 264 g/mol. The second-order valence-corrected chi connectivity index (χ2v) is 5.53. The lowest BCUT2D eigenvalue weighted by Crippen LogP contribution is -2.28. The van der Waals surface area contributed by atoms with Gasteiger partial charge in [-0.1, -0.05) is 29.3 Å². The summed E-state index contributed by atoms with van der Waals surface area (Å²) in [6, 6.07) is 7.85. The first-order valence-corrected chi connectivity index (χ1v) is 6.65. The Morgan fingerprint density at radius 2 is 1.94 bits per heavy atom. The Balaban J connectivity index is 2.11. The molecule has 1 fully saturated rings. The molecule has 0 saturated heterocycles. The van der Waals surface area contributed by atoms with E-state index >= 15 is 0 Å². The van der Waals surface area contributed by atoms with E-state index in [0.29, 0.717) is 5.92 Å². The van der Waals surface area contributed by atoms with E-state index in [4.69, 9.17) is 11.6 Å². The van der Waals surface area contributed by atoms with Gasteiger partial charge in [0.25, 0.3) is 0 Å². The minimum absolute atomic E-state index is 0.0122.